The summed E-state index contributed by atoms with van der Waals surface area (Å²) in [5, 5.41) is 0. The quantitative estimate of drug-likeness (QED) is 0.752. The Labute approximate surface area is 155 Å². The van der Waals surface area contributed by atoms with Crippen LogP contribution in [0.15, 0.2) is 60.7 Å². The number of carbonyl (C=O) groups is 1. The lowest BCUT2D eigenvalue weighted by Crippen LogP contribution is -2.37. The van der Waals surface area contributed by atoms with Crippen molar-refractivity contribution in [1.82, 2.24) is 4.90 Å². The van der Waals surface area contributed by atoms with Gasteiger partial charge in [-0.15, -0.1) is 0 Å². The van der Waals surface area contributed by atoms with Crippen LogP contribution in [0.4, 0.5) is 0 Å². The van der Waals surface area contributed by atoms with Gasteiger partial charge in [0, 0.05) is 19.3 Å². The number of hydrogen-bond donors (Lipinski definition) is 0. The lowest BCUT2D eigenvalue weighted by Gasteiger charge is -2.28. The fourth-order valence-electron chi connectivity index (χ4n) is 3.70. The smallest absolute Gasteiger partial charge is 0.229 e. The van der Waals surface area contributed by atoms with Gasteiger partial charge in [0.25, 0.3) is 0 Å². The van der Waals surface area contributed by atoms with E-state index in [0.717, 1.165) is 11.1 Å². The van der Waals surface area contributed by atoms with Gasteiger partial charge in [-0.1, -0.05) is 60.7 Å². The lowest BCUT2D eigenvalue weighted by molar-refractivity contribution is -0.136. The minimum Gasteiger partial charge on any atom is -0.338 e. The number of nitrogens with zero attached hydrogens (tertiary/aromatic N) is 1. The Morgan fingerprint density at radius 2 is 1.54 bits per heavy atom. The first-order chi connectivity index (χ1) is 12.4. The van der Waals surface area contributed by atoms with E-state index in [4.69, 9.17) is 0 Å². The summed E-state index contributed by atoms with van der Waals surface area (Å²) in [6, 6.07) is 19.8. The normalized spacial score (nSPS) is 20.5. The third-order valence-corrected chi connectivity index (χ3v) is 6.10. The third kappa shape index (κ3) is 4.52. The summed E-state index contributed by atoms with van der Waals surface area (Å²) < 4.78 is 23.5. The molecule has 1 unspecified atom stereocenters. The Morgan fingerprint density at radius 1 is 0.962 bits per heavy atom. The fourth-order valence-corrected chi connectivity index (χ4v) is 4.46. The van der Waals surface area contributed by atoms with E-state index < -0.39 is 15.3 Å². The summed E-state index contributed by atoms with van der Waals surface area (Å²) in [5.74, 6) is 0.124. The molecule has 3 rings (SSSR count). The van der Waals surface area contributed by atoms with Gasteiger partial charge in [0.15, 0.2) is 0 Å². The number of carbonyl (C=O) groups excluding carboxylic acids is 1. The van der Waals surface area contributed by atoms with E-state index in [1.807, 2.05) is 65.6 Å². The number of hydrogen-bond acceptors (Lipinski definition) is 3. The summed E-state index contributed by atoms with van der Waals surface area (Å²) in [6.45, 7) is 1.25. The molecule has 1 fully saturated rings. The molecule has 1 amide bonds. The summed E-state index contributed by atoms with van der Waals surface area (Å²) in [6.07, 6.45) is 2.91. The molecule has 0 aromatic heterocycles. The Balaban J connectivity index is 1.82. The molecule has 4 nitrogen and oxygen atoms in total. The van der Waals surface area contributed by atoms with E-state index in [1.54, 1.807) is 0 Å². The molecule has 1 aliphatic heterocycles. The third-order valence-electron chi connectivity index (χ3n) is 5.15. The molecule has 5 heteroatoms. The number of amides is 1. The monoisotopic (exact) mass is 371 g/mol. The van der Waals surface area contributed by atoms with Crippen molar-refractivity contribution in [1.29, 1.82) is 0 Å². The first-order valence-corrected chi connectivity index (χ1v) is 11.0. The highest BCUT2D eigenvalue weighted by Crippen LogP contribution is 2.39. The zero-order valence-corrected chi connectivity index (χ0v) is 15.9. The van der Waals surface area contributed by atoms with Crippen molar-refractivity contribution in [3.63, 3.8) is 0 Å². The molecule has 0 saturated carbocycles. The largest absolute Gasteiger partial charge is 0.338 e. The molecule has 0 aliphatic carbocycles. The number of rotatable bonds is 7. The average molecular weight is 372 g/mol. The molecular weight excluding hydrogens is 346 g/mol. The minimum atomic E-state index is -3.11. The van der Waals surface area contributed by atoms with Gasteiger partial charge in [0.1, 0.15) is 9.84 Å². The Bertz CT molecular complexity index is 849. The van der Waals surface area contributed by atoms with Crippen molar-refractivity contribution in [2.45, 2.75) is 25.8 Å². The summed E-state index contributed by atoms with van der Waals surface area (Å²) in [4.78, 5) is 15.2. The molecule has 0 spiro atoms. The van der Waals surface area contributed by atoms with Crippen LogP contribution in [-0.2, 0) is 27.6 Å². The summed E-state index contributed by atoms with van der Waals surface area (Å²) >= 11 is 0. The lowest BCUT2D eigenvalue weighted by atomic mass is 9.78. The molecule has 0 N–H and O–H groups in total. The zero-order valence-electron chi connectivity index (χ0n) is 15.1. The second kappa shape index (κ2) is 7.62. The van der Waals surface area contributed by atoms with Crippen molar-refractivity contribution in [3.05, 3.63) is 71.8 Å². The average Bonchev–Trinajstić information content (AvgIpc) is 2.91. The van der Waals surface area contributed by atoms with Crippen LogP contribution in [0.3, 0.4) is 0 Å². The number of benzene rings is 2. The van der Waals surface area contributed by atoms with Crippen molar-refractivity contribution in [2.24, 2.45) is 5.41 Å². The maximum absolute atomic E-state index is 13.3. The van der Waals surface area contributed by atoms with E-state index in [1.165, 1.54) is 6.26 Å². The van der Waals surface area contributed by atoms with E-state index in [2.05, 4.69) is 0 Å². The highest BCUT2D eigenvalue weighted by atomic mass is 32.2. The second-order valence-corrected chi connectivity index (χ2v) is 9.54. The van der Waals surface area contributed by atoms with Crippen LogP contribution in [0.5, 0.6) is 0 Å². The Morgan fingerprint density at radius 3 is 2.12 bits per heavy atom. The maximum Gasteiger partial charge on any atom is 0.229 e. The first-order valence-electron chi connectivity index (χ1n) is 8.93. The number of likely N-dealkylation sites (tertiary alicyclic amines) is 1. The van der Waals surface area contributed by atoms with Gasteiger partial charge in [-0.05, 0) is 30.4 Å². The summed E-state index contributed by atoms with van der Waals surface area (Å²) in [5.41, 5.74) is 1.55. The molecule has 1 aliphatic rings. The second-order valence-electron chi connectivity index (χ2n) is 7.28. The molecule has 1 saturated heterocycles. The molecule has 0 bridgehead atoms. The molecule has 1 heterocycles. The van der Waals surface area contributed by atoms with Gasteiger partial charge in [-0.2, -0.15) is 0 Å². The zero-order chi connectivity index (χ0) is 18.6. The van der Waals surface area contributed by atoms with E-state index >= 15 is 0 Å². The molecule has 2 aromatic carbocycles. The highest BCUT2D eigenvalue weighted by molar-refractivity contribution is 7.90. The van der Waals surface area contributed by atoms with Crippen LogP contribution >= 0.6 is 0 Å². The predicted octanol–water partition coefficient (Wildman–Crippen LogP) is 3.08. The Kier molecular flexibility index (Phi) is 5.47. The standard InChI is InChI=1S/C21H25NO3S/c1-26(24,25)15-13-21(16-18-8-4-2-5-9-18)12-14-22(20(21)23)17-19-10-6-3-7-11-19/h2-11H,12-17H2,1H3. The first kappa shape index (κ1) is 18.6. The molecule has 26 heavy (non-hydrogen) atoms. The fraction of sp³-hybridized carbons (Fsp3) is 0.381. The van der Waals surface area contributed by atoms with E-state index in [9.17, 15) is 13.2 Å². The van der Waals surface area contributed by atoms with Crippen LogP contribution in [0.2, 0.25) is 0 Å². The van der Waals surface area contributed by atoms with Gasteiger partial charge in [0.05, 0.1) is 11.2 Å². The van der Waals surface area contributed by atoms with Gasteiger partial charge >= 0.3 is 0 Å². The topological polar surface area (TPSA) is 54.5 Å². The van der Waals surface area contributed by atoms with Crippen molar-refractivity contribution < 1.29 is 13.2 Å². The SMILES string of the molecule is CS(=O)(=O)CCC1(Cc2ccccc2)CCN(Cc2ccccc2)C1=O. The molecule has 2 aromatic rings. The van der Waals surface area contributed by atoms with Crippen LogP contribution in [-0.4, -0.2) is 37.8 Å². The number of sulfone groups is 1. The molecule has 138 valence electrons. The maximum atomic E-state index is 13.3. The minimum absolute atomic E-state index is 0.0464. The van der Waals surface area contributed by atoms with Gasteiger partial charge in [-0.3, -0.25) is 4.79 Å². The Hall–Kier alpha value is -2.14. The van der Waals surface area contributed by atoms with Crippen LogP contribution < -0.4 is 0 Å². The highest BCUT2D eigenvalue weighted by Gasteiger charge is 2.46. The van der Waals surface area contributed by atoms with Crippen LogP contribution in [0.25, 0.3) is 0 Å². The summed E-state index contributed by atoms with van der Waals surface area (Å²) in [7, 11) is -3.11. The van der Waals surface area contributed by atoms with Crippen LogP contribution in [0, 0.1) is 5.41 Å². The van der Waals surface area contributed by atoms with Gasteiger partial charge < -0.3 is 4.90 Å². The van der Waals surface area contributed by atoms with Crippen LogP contribution in [0.1, 0.15) is 24.0 Å². The van der Waals surface area contributed by atoms with E-state index in [-0.39, 0.29) is 11.7 Å². The molecule has 1 atom stereocenters. The van der Waals surface area contributed by atoms with Crippen molar-refractivity contribution in [3.8, 4) is 0 Å². The van der Waals surface area contributed by atoms with Gasteiger partial charge in [0.2, 0.25) is 5.91 Å². The van der Waals surface area contributed by atoms with Crippen molar-refractivity contribution in [2.75, 3.05) is 18.6 Å². The van der Waals surface area contributed by atoms with Gasteiger partial charge in [-0.25, -0.2) is 8.42 Å². The molecular formula is C21H25NO3S. The van der Waals surface area contributed by atoms with Crippen molar-refractivity contribution >= 4 is 15.7 Å². The molecule has 0 radical (unpaired) electrons. The predicted molar refractivity (Wildman–Crippen MR) is 103 cm³/mol. The van der Waals surface area contributed by atoms with E-state index in [0.29, 0.717) is 32.4 Å².